The quantitative estimate of drug-likeness (QED) is 0.137. The molecule has 0 aromatic carbocycles. The van der Waals surface area contributed by atoms with Gasteiger partial charge in [-0.05, 0) is 65.5 Å². The van der Waals surface area contributed by atoms with E-state index in [-0.39, 0.29) is 4.66 Å². The van der Waals surface area contributed by atoms with Gasteiger partial charge >= 0.3 is 18.1 Å². The summed E-state index contributed by atoms with van der Waals surface area (Å²) in [6.07, 6.45) is 9.70. The number of nitrogens with one attached hydrogen (secondary N) is 1. The van der Waals surface area contributed by atoms with E-state index in [2.05, 4.69) is 44.8 Å². The van der Waals surface area contributed by atoms with E-state index in [1.54, 1.807) is 21.3 Å². The number of hydrogen-bond donors (Lipinski definition) is 1. The lowest BCUT2D eigenvalue weighted by molar-refractivity contribution is 0.123. The third-order valence-electron chi connectivity index (χ3n) is 6.42. The fourth-order valence-electron chi connectivity index (χ4n) is 4.10. The topological polar surface area (TPSA) is 61.4 Å². The van der Waals surface area contributed by atoms with Gasteiger partial charge in [-0.1, -0.05) is 46.5 Å². The van der Waals surface area contributed by atoms with Crippen LogP contribution in [0.1, 0.15) is 79.6 Å². The second-order valence-electron chi connectivity index (χ2n) is 8.78. The van der Waals surface area contributed by atoms with Crippen LogP contribution in [0.3, 0.4) is 0 Å². The Kier molecular flexibility index (Phi) is 21.7. The Morgan fingerprint density at radius 2 is 1.38 bits per heavy atom. The fraction of sp³-hybridized carbons (Fsp3) is 1.00. The molecule has 0 aliphatic carbocycles. The monoisotopic (exact) mass is 535 g/mol. The maximum Gasteiger partial charge on any atom is 0.500 e. The van der Waals surface area contributed by atoms with Gasteiger partial charge in [0.25, 0.3) is 0 Å². The predicted molar refractivity (Wildman–Crippen MR) is 148 cm³/mol. The molecule has 0 bridgehead atoms. The largest absolute Gasteiger partial charge is 0.500 e. The third kappa shape index (κ3) is 14.2. The first-order chi connectivity index (χ1) is 16.4. The highest BCUT2D eigenvalue weighted by Crippen LogP contribution is 2.35. The predicted octanol–water partition coefficient (Wildman–Crippen LogP) is 4.47. The molecule has 0 fully saturated rings. The molecule has 0 aromatic rings. The molecule has 7 nitrogen and oxygen atoms in total. The van der Waals surface area contributed by atoms with Gasteiger partial charge in [-0.2, -0.15) is 0 Å². The van der Waals surface area contributed by atoms with Crippen molar-refractivity contribution in [3.05, 3.63) is 0 Å². The fourth-order valence-corrected chi connectivity index (χ4v) is 9.77. The molecule has 0 saturated carbocycles. The molecule has 3 radical (unpaired) electrons. The summed E-state index contributed by atoms with van der Waals surface area (Å²) in [7, 11) is 2.02. The van der Waals surface area contributed by atoms with E-state index in [1.807, 2.05) is 0 Å². The number of rotatable bonds is 25. The Labute approximate surface area is 217 Å². The summed E-state index contributed by atoms with van der Waals surface area (Å²) in [5, 5.41) is 3.63. The number of hydrogen-bond acceptors (Lipinski definition) is 7. The van der Waals surface area contributed by atoms with Crippen LogP contribution in [0.15, 0.2) is 0 Å². The minimum absolute atomic E-state index is 0.134. The molecule has 0 aromatic heterocycles. The normalized spacial score (nSPS) is 14.3. The Morgan fingerprint density at radius 3 is 1.91 bits per heavy atom. The summed E-state index contributed by atoms with van der Waals surface area (Å²) in [5.74, 6) is 0. The van der Waals surface area contributed by atoms with E-state index in [4.69, 9.17) is 22.1 Å². The van der Waals surface area contributed by atoms with Crippen LogP contribution in [0.5, 0.6) is 0 Å². The van der Waals surface area contributed by atoms with Crippen LogP contribution in [0.4, 0.5) is 0 Å². The summed E-state index contributed by atoms with van der Waals surface area (Å²) in [5.41, 5.74) is 0. The van der Waals surface area contributed by atoms with E-state index in [0.717, 1.165) is 61.0 Å². The molecule has 0 rings (SSSR count). The van der Waals surface area contributed by atoms with Crippen molar-refractivity contribution in [1.82, 2.24) is 10.2 Å². The Bertz CT molecular complexity index is 446. The van der Waals surface area contributed by atoms with Gasteiger partial charge < -0.3 is 32.3 Å². The van der Waals surface area contributed by atoms with Gasteiger partial charge in [-0.25, -0.2) is 0 Å². The second-order valence-corrected chi connectivity index (χ2v) is 16.4. The molecule has 0 aliphatic heterocycles. The standard InChI is InChI=1S/C24H55N2O5Si3/c1-9-26(10-2)21-17-15-13-14-16-19-24(5,33(30-11-3)31-12-4)32-23-25-20-18-22-34(27-6,28-7)29-8/h25H,9-23H2,1-8H3. The summed E-state index contributed by atoms with van der Waals surface area (Å²) >= 11 is 0. The molecular weight excluding hydrogens is 481 g/mol. The van der Waals surface area contributed by atoms with Crippen LogP contribution in [0.2, 0.25) is 10.7 Å². The summed E-state index contributed by atoms with van der Waals surface area (Å²) in [6.45, 7) is 17.0. The molecule has 1 unspecified atom stereocenters. The molecule has 1 N–H and O–H groups in total. The zero-order chi connectivity index (χ0) is 25.7. The van der Waals surface area contributed by atoms with Crippen LogP contribution < -0.4 is 5.32 Å². The highest BCUT2D eigenvalue weighted by atomic mass is 28.4. The third-order valence-corrected chi connectivity index (χ3v) is 14.1. The van der Waals surface area contributed by atoms with Crippen LogP contribution in [-0.4, -0.2) is 99.4 Å². The zero-order valence-electron chi connectivity index (χ0n) is 23.6. The summed E-state index contributed by atoms with van der Waals surface area (Å²) in [4.78, 5) is 2.52. The van der Waals surface area contributed by atoms with Crippen molar-refractivity contribution in [2.45, 2.75) is 90.3 Å². The molecule has 10 heteroatoms. The first-order valence-electron chi connectivity index (χ1n) is 13.4. The SMILES string of the molecule is CCO[Si](OCC)C(C)(CCCCCCCN(CC)CC)[Si]CNCCC[Si](OC)(OC)OC. The van der Waals surface area contributed by atoms with E-state index < -0.39 is 18.1 Å². The van der Waals surface area contributed by atoms with Gasteiger partial charge in [0.1, 0.15) is 0 Å². The van der Waals surface area contributed by atoms with Gasteiger partial charge in [0.2, 0.25) is 0 Å². The van der Waals surface area contributed by atoms with Gasteiger partial charge in [0.15, 0.2) is 0 Å². The minimum atomic E-state index is -2.47. The van der Waals surface area contributed by atoms with E-state index in [1.165, 1.54) is 45.1 Å². The highest BCUT2D eigenvalue weighted by molar-refractivity contribution is 6.66. The lowest BCUT2D eigenvalue weighted by atomic mass is 10.1. The second kappa shape index (κ2) is 21.5. The number of unbranched alkanes of at least 4 members (excludes halogenated alkanes) is 4. The van der Waals surface area contributed by atoms with Crippen LogP contribution >= 0.6 is 0 Å². The molecule has 0 heterocycles. The van der Waals surface area contributed by atoms with Crippen molar-refractivity contribution in [3.8, 4) is 0 Å². The molecule has 203 valence electrons. The lowest BCUT2D eigenvalue weighted by Gasteiger charge is -2.34. The smallest absolute Gasteiger partial charge is 0.394 e. The average Bonchev–Trinajstić information content (AvgIpc) is 2.85. The molecule has 0 spiro atoms. The first-order valence-corrected chi connectivity index (χ1v) is 17.8. The van der Waals surface area contributed by atoms with Gasteiger partial charge in [-0.3, -0.25) is 0 Å². The van der Waals surface area contributed by atoms with Crippen molar-refractivity contribution < 1.29 is 22.1 Å². The summed E-state index contributed by atoms with van der Waals surface area (Å²) < 4.78 is 29.0. The van der Waals surface area contributed by atoms with Crippen molar-refractivity contribution in [3.63, 3.8) is 0 Å². The Hall–Kier alpha value is 0.371. The Balaban J connectivity index is 4.53. The van der Waals surface area contributed by atoms with E-state index in [0.29, 0.717) is 0 Å². The van der Waals surface area contributed by atoms with Crippen molar-refractivity contribution in [2.24, 2.45) is 0 Å². The van der Waals surface area contributed by atoms with Gasteiger partial charge in [0.05, 0.1) is 9.52 Å². The summed E-state index contributed by atoms with van der Waals surface area (Å²) in [6, 6.07) is 0.824. The molecule has 0 saturated heterocycles. The van der Waals surface area contributed by atoms with E-state index >= 15 is 0 Å². The first kappa shape index (κ1) is 34.4. The molecule has 34 heavy (non-hydrogen) atoms. The highest BCUT2D eigenvalue weighted by Gasteiger charge is 2.40. The molecule has 0 aliphatic rings. The minimum Gasteiger partial charge on any atom is -0.394 e. The average molecular weight is 536 g/mol. The zero-order valence-corrected chi connectivity index (χ0v) is 26.6. The Morgan fingerprint density at radius 1 is 0.824 bits per heavy atom. The lowest BCUT2D eigenvalue weighted by Crippen LogP contribution is -2.45. The molecular formula is C24H55N2O5Si3. The maximum absolute atomic E-state index is 6.17. The molecule has 0 amide bonds. The van der Waals surface area contributed by atoms with E-state index in [9.17, 15) is 0 Å². The van der Waals surface area contributed by atoms with Crippen molar-refractivity contribution in [2.75, 3.05) is 66.9 Å². The van der Waals surface area contributed by atoms with Gasteiger partial charge in [0, 0.05) is 45.2 Å². The van der Waals surface area contributed by atoms with Gasteiger partial charge in [-0.15, -0.1) is 0 Å². The van der Waals surface area contributed by atoms with Crippen molar-refractivity contribution in [1.29, 1.82) is 0 Å². The maximum atomic E-state index is 6.17. The number of nitrogens with zero attached hydrogens (tertiary/aromatic N) is 1. The molecule has 1 atom stereocenters. The van der Waals surface area contributed by atoms with Crippen molar-refractivity contribution >= 4 is 27.6 Å². The van der Waals surface area contributed by atoms with Crippen LogP contribution in [0.25, 0.3) is 0 Å². The van der Waals surface area contributed by atoms with Crippen LogP contribution in [-0.2, 0) is 22.1 Å². The van der Waals surface area contributed by atoms with Crippen LogP contribution in [0, 0.1) is 0 Å².